The average molecular weight is 624 g/mol. The number of nitrogens with two attached hydrogens (primary N) is 1. The minimum absolute atomic E-state index is 0.727. The molecule has 1 atom stereocenters. The summed E-state index contributed by atoms with van der Waals surface area (Å²) in [5, 5.41) is 11.3. The molecule has 0 aliphatic heterocycles. The Bertz CT molecular complexity index is 668. The number of hydrogen-bond donors (Lipinski definition) is 5. The van der Waals surface area contributed by atoms with Crippen LogP contribution in [0.1, 0.15) is 114 Å². The summed E-state index contributed by atoms with van der Waals surface area (Å²) in [6, 6.07) is 0.727. The first-order valence-electron chi connectivity index (χ1n) is 16.7. The van der Waals surface area contributed by atoms with Crippen LogP contribution in [0, 0.1) is 0 Å². The summed E-state index contributed by atoms with van der Waals surface area (Å²) in [4.78, 5) is 2.60. The van der Waals surface area contributed by atoms with Crippen LogP contribution in [0.4, 0.5) is 0 Å². The zero-order chi connectivity index (χ0) is 34.2. The average Bonchev–Trinajstić information content (AvgIpc) is 3.03. The highest BCUT2D eigenvalue weighted by atomic mass is 32.1. The van der Waals surface area contributed by atoms with E-state index in [-0.39, 0.29) is 0 Å². The lowest BCUT2D eigenvalue weighted by molar-refractivity contribution is 0.206. The van der Waals surface area contributed by atoms with Gasteiger partial charge in [0.25, 0.3) is 0 Å². The molecule has 1 aliphatic carbocycles. The molecule has 43 heavy (non-hydrogen) atoms. The Kier molecular flexibility index (Phi) is 55.9. The molecule has 0 amide bonds. The molecule has 0 spiro atoms. The van der Waals surface area contributed by atoms with Crippen molar-refractivity contribution in [3.8, 4) is 0 Å². The second kappa shape index (κ2) is 47.2. The van der Waals surface area contributed by atoms with Gasteiger partial charge in [0.05, 0.1) is 0 Å². The lowest BCUT2D eigenvalue weighted by atomic mass is 10.0. The minimum atomic E-state index is 0.727. The molecule has 0 bridgehead atoms. The van der Waals surface area contributed by atoms with Crippen molar-refractivity contribution in [2.24, 2.45) is 5.73 Å². The van der Waals surface area contributed by atoms with Crippen LogP contribution < -0.4 is 21.7 Å². The van der Waals surface area contributed by atoms with E-state index in [0.717, 1.165) is 38.5 Å². The van der Waals surface area contributed by atoms with Crippen LogP contribution in [-0.4, -0.2) is 57.8 Å². The maximum Gasteiger partial charge on any atom is 0.0326 e. The fourth-order valence-corrected chi connectivity index (χ4v) is 3.65. The van der Waals surface area contributed by atoms with Crippen molar-refractivity contribution in [1.82, 2.24) is 20.9 Å². The summed E-state index contributed by atoms with van der Waals surface area (Å²) in [7, 11) is 3.31. The van der Waals surface area contributed by atoms with Crippen LogP contribution in [0.5, 0.6) is 0 Å². The van der Waals surface area contributed by atoms with Gasteiger partial charge < -0.3 is 26.6 Å². The normalized spacial score (nSPS) is 12.5. The minimum Gasteiger partial charge on any atom is -0.394 e. The Hall–Kier alpha value is -1.73. The predicted molar refractivity (Wildman–Crippen MR) is 206 cm³/mol. The molecule has 5 N–H and O–H groups in total. The monoisotopic (exact) mass is 624 g/mol. The SMILES string of the molecule is C/C=C/CNCC.C=CCC/C(C)=C/S.C=CNC.CCC.CCCC(C)N(CC)CCCNC1=C(C)CCC=C1.CN. The summed E-state index contributed by atoms with van der Waals surface area (Å²) >= 11 is 3.99. The molecule has 0 saturated heterocycles. The van der Waals surface area contributed by atoms with E-state index >= 15 is 0 Å². The van der Waals surface area contributed by atoms with E-state index in [4.69, 9.17) is 0 Å². The number of rotatable bonds is 16. The predicted octanol–water partition coefficient (Wildman–Crippen LogP) is 9.40. The Morgan fingerprint density at radius 1 is 1.16 bits per heavy atom. The molecular formula is C37H77N5S. The first-order valence-corrected chi connectivity index (χ1v) is 17.2. The van der Waals surface area contributed by atoms with Crippen molar-refractivity contribution in [2.75, 3.05) is 46.8 Å². The van der Waals surface area contributed by atoms with Crippen LogP contribution in [0.25, 0.3) is 0 Å². The van der Waals surface area contributed by atoms with Gasteiger partial charge in [0.2, 0.25) is 0 Å². The highest BCUT2D eigenvalue weighted by molar-refractivity contribution is 7.83. The van der Waals surface area contributed by atoms with Gasteiger partial charge in [-0.3, -0.25) is 0 Å². The van der Waals surface area contributed by atoms with Crippen molar-refractivity contribution in [2.45, 2.75) is 120 Å². The first-order chi connectivity index (χ1) is 20.7. The molecule has 0 radical (unpaired) electrons. The molecule has 6 heteroatoms. The lowest BCUT2D eigenvalue weighted by Crippen LogP contribution is -2.35. The maximum atomic E-state index is 4.50. The number of nitrogens with zero attached hydrogens (tertiary/aromatic N) is 1. The Morgan fingerprint density at radius 2 is 1.77 bits per heavy atom. The van der Waals surface area contributed by atoms with Gasteiger partial charge in [0.15, 0.2) is 0 Å². The van der Waals surface area contributed by atoms with Gasteiger partial charge in [-0.1, -0.05) is 83.9 Å². The fraction of sp³-hybridized carbons (Fsp3) is 0.676. The van der Waals surface area contributed by atoms with Gasteiger partial charge in [0, 0.05) is 38.4 Å². The first kappa shape index (κ1) is 50.9. The summed E-state index contributed by atoms with van der Waals surface area (Å²) < 4.78 is 0. The number of nitrogens with one attached hydrogen (secondary N) is 3. The van der Waals surface area contributed by atoms with Gasteiger partial charge in [-0.05, 0) is 110 Å². The number of allylic oxidation sites excluding steroid dienone is 6. The van der Waals surface area contributed by atoms with Crippen molar-refractivity contribution < 1.29 is 0 Å². The molecule has 0 fully saturated rings. The molecule has 1 unspecified atom stereocenters. The molecule has 0 aromatic heterocycles. The Labute approximate surface area is 277 Å². The van der Waals surface area contributed by atoms with E-state index in [1.807, 2.05) is 31.5 Å². The van der Waals surface area contributed by atoms with Crippen molar-refractivity contribution in [1.29, 1.82) is 0 Å². The second-order valence-corrected chi connectivity index (χ2v) is 10.3. The van der Waals surface area contributed by atoms with E-state index < -0.39 is 0 Å². The van der Waals surface area contributed by atoms with Crippen molar-refractivity contribution in [3.05, 3.63) is 72.0 Å². The largest absolute Gasteiger partial charge is 0.394 e. The second-order valence-electron chi connectivity index (χ2n) is 10.1. The van der Waals surface area contributed by atoms with Crippen LogP contribution in [0.15, 0.2) is 72.0 Å². The van der Waals surface area contributed by atoms with E-state index in [9.17, 15) is 0 Å². The molecule has 5 nitrogen and oxygen atoms in total. The smallest absolute Gasteiger partial charge is 0.0326 e. The summed E-state index contributed by atoms with van der Waals surface area (Å²) in [6.45, 7) is 32.1. The molecular weight excluding hydrogens is 547 g/mol. The highest BCUT2D eigenvalue weighted by Gasteiger charge is 2.10. The quantitative estimate of drug-likeness (QED) is 0.0673. The van der Waals surface area contributed by atoms with Crippen LogP contribution >= 0.6 is 12.6 Å². The van der Waals surface area contributed by atoms with Crippen molar-refractivity contribution in [3.63, 3.8) is 0 Å². The Balaban J connectivity index is -0.000000166. The number of hydrogen-bond acceptors (Lipinski definition) is 6. The lowest BCUT2D eigenvalue weighted by Gasteiger charge is -2.27. The summed E-state index contributed by atoms with van der Waals surface area (Å²) in [5.41, 5.74) is 8.68. The molecule has 1 rings (SSSR count). The molecule has 1 aliphatic rings. The van der Waals surface area contributed by atoms with E-state index in [0.29, 0.717) is 0 Å². The van der Waals surface area contributed by atoms with Gasteiger partial charge in [-0.2, -0.15) is 12.6 Å². The third kappa shape index (κ3) is 44.8. The van der Waals surface area contributed by atoms with Gasteiger partial charge in [-0.15, -0.1) is 6.58 Å². The molecule has 256 valence electrons. The van der Waals surface area contributed by atoms with Gasteiger partial charge in [-0.25, -0.2) is 0 Å². The zero-order valence-electron chi connectivity index (χ0n) is 30.7. The van der Waals surface area contributed by atoms with Crippen LogP contribution in [0.3, 0.4) is 0 Å². The van der Waals surface area contributed by atoms with E-state index in [1.54, 1.807) is 6.20 Å². The van der Waals surface area contributed by atoms with E-state index in [1.165, 1.54) is 75.5 Å². The molecule has 0 aromatic rings. The number of thiol groups is 1. The highest BCUT2D eigenvalue weighted by Crippen LogP contribution is 2.16. The van der Waals surface area contributed by atoms with Gasteiger partial charge >= 0.3 is 0 Å². The standard InChI is InChI=1S/C17H32N2.C7H12S.C6H13N.C3H7N.C3H8.CH5N/c1-5-10-16(4)19(6-2)14-9-13-18-17-12-8-7-11-15(17)3;1-3-4-5-7(2)6-8;1-3-5-6-7-4-2;1-3-4-2;1-3-2;1-2/h8,12,16,18H,5-7,9-11,13-14H2,1-4H3;3,6,8H,1,4-5H2,2H3;3,5,7H,4,6H2,1-2H3;3-4H,1H2,2H3;3H2,1-2H3;2H2,1H3/b;7-6+;5-3+;;;. The molecule has 0 aromatic carbocycles. The third-order valence-corrected chi connectivity index (χ3v) is 6.46. The Morgan fingerprint density at radius 3 is 2.19 bits per heavy atom. The summed E-state index contributed by atoms with van der Waals surface area (Å²) in [6.07, 6.45) is 21.9. The maximum absolute atomic E-state index is 4.50. The topological polar surface area (TPSA) is 65.3 Å². The summed E-state index contributed by atoms with van der Waals surface area (Å²) in [5.74, 6) is 0. The van der Waals surface area contributed by atoms with Crippen LogP contribution in [-0.2, 0) is 0 Å². The molecule has 0 saturated carbocycles. The van der Waals surface area contributed by atoms with Crippen LogP contribution in [0.2, 0.25) is 0 Å². The van der Waals surface area contributed by atoms with E-state index in [2.05, 4.69) is 126 Å². The molecule has 0 heterocycles. The zero-order valence-corrected chi connectivity index (χ0v) is 31.6. The van der Waals surface area contributed by atoms with Gasteiger partial charge in [0.1, 0.15) is 0 Å². The fourth-order valence-electron chi connectivity index (χ4n) is 3.52. The third-order valence-electron chi connectivity index (χ3n) is 6.02. The number of likely N-dealkylation sites (N-methyl/N-ethyl adjacent to an activating group) is 1. The van der Waals surface area contributed by atoms with Crippen molar-refractivity contribution >= 4 is 12.6 Å².